The van der Waals surface area contributed by atoms with E-state index in [9.17, 15) is 15.0 Å². The third-order valence-corrected chi connectivity index (χ3v) is 4.06. The van der Waals surface area contributed by atoms with Crippen LogP contribution in [0.25, 0.3) is 0 Å². The van der Waals surface area contributed by atoms with Gasteiger partial charge in [-0.2, -0.15) is 5.10 Å². The average Bonchev–Trinajstić information content (AvgIpc) is 2.91. The highest BCUT2D eigenvalue weighted by Crippen LogP contribution is 2.28. The van der Waals surface area contributed by atoms with Crippen LogP contribution >= 0.6 is 11.8 Å². The number of amidine groups is 1. The molecule has 1 fully saturated rings. The van der Waals surface area contributed by atoms with E-state index in [0.717, 1.165) is 0 Å². The third kappa shape index (κ3) is 3.35. The molecule has 7 heteroatoms. The van der Waals surface area contributed by atoms with Crippen LogP contribution in [0.15, 0.2) is 58.7 Å². The van der Waals surface area contributed by atoms with Crippen LogP contribution in [0.5, 0.6) is 11.5 Å². The smallest absolute Gasteiger partial charge is 0.243 e. The van der Waals surface area contributed by atoms with E-state index >= 15 is 0 Å². The second-order valence-corrected chi connectivity index (χ2v) is 5.66. The zero-order valence-electron chi connectivity index (χ0n) is 12.0. The number of benzene rings is 2. The van der Waals surface area contributed by atoms with Crippen LogP contribution in [0.3, 0.4) is 0 Å². The van der Waals surface area contributed by atoms with E-state index < -0.39 is 0 Å². The summed E-state index contributed by atoms with van der Waals surface area (Å²) in [6.07, 6.45) is 1.43. The lowest BCUT2D eigenvalue weighted by Gasteiger charge is -2.14. The van der Waals surface area contributed by atoms with E-state index in [1.807, 2.05) is 0 Å². The number of aromatic hydroxyl groups is 2. The molecule has 0 aliphatic carbocycles. The normalized spacial score (nSPS) is 16.6. The molecule has 0 atom stereocenters. The number of anilines is 1. The van der Waals surface area contributed by atoms with Gasteiger partial charge in [-0.15, -0.1) is 5.10 Å². The zero-order chi connectivity index (χ0) is 16.2. The van der Waals surface area contributed by atoms with Crippen molar-refractivity contribution in [3.63, 3.8) is 0 Å². The molecule has 2 aromatic rings. The van der Waals surface area contributed by atoms with Gasteiger partial charge in [-0.05, 0) is 36.4 Å². The average molecular weight is 327 g/mol. The summed E-state index contributed by atoms with van der Waals surface area (Å²) in [5.74, 6) is 0.425. The first-order valence-corrected chi connectivity index (χ1v) is 7.77. The Kier molecular flexibility index (Phi) is 4.29. The second kappa shape index (κ2) is 6.53. The Hall–Kier alpha value is -2.80. The monoisotopic (exact) mass is 327 g/mol. The summed E-state index contributed by atoms with van der Waals surface area (Å²) in [5, 5.41) is 27.5. The Labute approximate surface area is 136 Å². The molecule has 0 radical (unpaired) electrons. The summed E-state index contributed by atoms with van der Waals surface area (Å²) in [7, 11) is 0. The molecule has 116 valence electrons. The predicted octanol–water partition coefficient (Wildman–Crippen LogP) is 2.57. The van der Waals surface area contributed by atoms with Crippen LogP contribution in [-0.4, -0.2) is 33.3 Å². The van der Waals surface area contributed by atoms with Crippen LogP contribution in [0.2, 0.25) is 0 Å². The number of para-hydroxylation sites is 1. The molecule has 3 rings (SSSR count). The van der Waals surface area contributed by atoms with Crippen molar-refractivity contribution in [2.75, 3.05) is 10.7 Å². The van der Waals surface area contributed by atoms with Crippen LogP contribution < -0.4 is 4.90 Å². The fourth-order valence-corrected chi connectivity index (χ4v) is 2.85. The molecule has 0 saturated carbocycles. The number of nitrogens with zero attached hydrogens (tertiary/aromatic N) is 3. The minimum Gasteiger partial charge on any atom is -0.508 e. The Morgan fingerprint density at radius 1 is 1.09 bits per heavy atom. The van der Waals surface area contributed by atoms with Crippen LogP contribution in [-0.2, 0) is 4.79 Å². The van der Waals surface area contributed by atoms with Gasteiger partial charge in [0.15, 0.2) is 5.17 Å². The van der Waals surface area contributed by atoms with Crippen molar-refractivity contribution in [1.29, 1.82) is 0 Å². The van der Waals surface area contributed by atoms with E-state index in [-0.39, 0.29) is 23.2 Å². The molecule has 1 heterocycles. The van der Waals surface area contributed by atoms with Gasteiger partial charge in [0, 0.05) is 5.56 Å². The van der Waals surface area contributed by atoms with Gasteiger partial charge in [0.2, 0.25) is 5.91 Å². The standard InChI is InChI=1S/C16H13N3O3S/c20-13-7-5-12(6-8-13)19-15(22)10-23-16(19)18-17-9-11-3-1-2-4-14(11)21/h1-9,20-21H,10H2/b17-9-,18-16-. The first-order valence-electron chi connectivity index (χ1n) is 6.79. The molecular weight excluding hydrogens is 314 g/mol. The second-order valence-electron chi connectivity index (χ2n) is 4.72. The van der Waals surface area contributed by atoms with E-state index in [2.05, 4.69) is 10.2 Å². The third-order valence-electron chi connectivity index (χ3n) is 3.15. The van der Waals surface area contributed by atoms with Gasteiger partial charge in [0.25, 0.3) is 0 Å². The Balaban J connectivity index is 1.84. The largest absolute Gasteiger partial charge is 0.508 e. The van der Waals surface area contributed by atoms with E-state index in [1.165, 1.54) is 35.0 Å². The molecule has 0 spiro atoms. The SMILES string of the molecule is O=C1CS/C(=N\N=C/c2ccccc2O)N1c1ccc(O)cc1. The quantitative estimate of drug-likeness (QED) is 0.670. The highest BCUT2D eigenvalue weighted by molar-refractivity contribution is 8.15. The van der Waals surface area contributed by atoms with Crippen LogP contribution in [0, 0.1) is 0 Å². The number of phenols is 2. The lowest BCUT2D eigenvalue weighted by molar-refractivity contribution is -0.115. The topological polar surface area (TPSA) is 85.5 Å². The van der Waals surface area contributed by atoms with Crippen molar-refractivity contribution in [2.45, 2.75) is 0 Å². The van der Waals surface area contributed by atoms with Gasteiger partial charge in [-0.25, -0.2) is 0 Å². The number of hydrogen-bond acceptors (Lipinski definition) is 6. The molecule has 6 nitrogen and oxygen atoms in total. The molecule has 1 saturated heterocycles. The van der Waals surface area contributed by atoms with Crippen molar-refractivity contribution in [3.8, 4) is 11.5 Å². The maximum absolute atomic E-state index is 12.0. The molecular formula is C16H13N3O3S. The Morgan fingerprint density at radius 2 is 1.83 bits per heavy atom. The van der Waals surface area contributed by atoms with Gasteiger partial charge in [0.05, 0.1) is 17.7 Å². The maximum Gasteiger partial charge on any atom is 0.243 e. The molecule has 1 aliphatic heterocycles. The first kappa shape index (κ1) is 15.1. The van der Waals surface area contributed by atoms with Gasteiger partial charge in [-0.1, -0.05) is 23.9 Å². The van der Waals surface area contributed by atoms with E-state index in [0.29, 0.717) is 16.4 Å². The van der Waals surface area contributed by atoms with Crippen molar-refractivity contribution in [3.05, 3.63) is 54.1 Å². The van der Waals surface area contributed by atoms with Crippen molar-refractivity contribution in [2.24, 2.45) is 10.2 Å². The lowest BCUT2D eigenvalue weighted by Crippen LogP contribution is -2.28. The zero-order valence-corrected chi connectivity index (χ0v) is 12.8. The highest BCUT2D eigenvalue weighted by Gasteiger charge is 2.29. The fraction of sp³-hybridized carbons (Fsp3) is 0.0625. The number of amides is 1. The van der Waals surface area contributed by atoms with E-state index in [4.69, 9.17) is 0 Å². The number of carbonyl (C=O) groups is 1. The summed E-state index contributed by atoms with van der Waals surface area (Å²) >= 11 is 1.28. The summed E-state index contributed by atoms with van der Waals surface area (Å²) in [4.78, 5) is 13.5. The summed E-state index contributed by atoms with van der Waals surface area (Å²) in [6, 6.07) is 13.1. The van der Waals surface area contributed by atoms with Gasteiger partial charge < -0.3 is 10.2 Å². The van der Waals surface area contributed by atoms with Crippen molar-refractivity contribution in [1.82, 2.24) is 0 Å². The first-order chi connectivity index (χ1) is 11.1. The number of rotatable bonds is 3. The Bertz CT molecular complexity index is 787. The molecule has 0 bridgehead atoms. The summed E-state index contributed by atoms with van der Waals surface area (Å²) in [5.41, 5.74) is 1.16. The molecule has 0 aromatic heterocycles. The van der Waals surface area contributed by atoms with Crippen molar-refractivity contribution < 1.29 is 15.0 Å². The van der Waals surface area contributed by atoms with Crippen LogP contribution in [0.1, 0.15) is 5.56 Å². The number of phenolic OH excluding ortho intramolecular Hbond substituents is 2. The molecule has 2 aromatic carbocycles. The van der Waals surface area contributed by atoms with Crippen molar-refractivity contribution >= 4 is 34.7 Å². The number of hydrogen-bond donors (Lipinski definition) is 2. The molecule has 1 amide bonds. The number of thioether (sulfide) groups is 1. The Morgan fingerprint density at radius 3 is 2.57 bits per heavy atom. The van der Waals surface area contributed by atoms with E-state index in [1.54, 1.807) is 36.4 Å². The maximum atomic E-state index is 12.0. The summed E-state index contributed by atoms with van der Waals surface area (Å²) in [6.45, 7) is 0. The molecule has 0 unspecified atom stereocenters. The lowest BCUT2D eigenvalue weighted by atomic mass is 10.2. The fourth-order valence-electron chi connectivity index (χ4n) is 2.03. The predicted molar refractivity (Wildman–Crippen MR) is 91.2 cm³/mol. The minimum absolute atomic E-state index is 0.0998. The molecule has 2 N–H and O–H groups in total. The molecule has 1 aliphatic rings. The molecule has 23 heavy (non-hydrogen) atoms. The number of carbonyl (C=O) groups excluding carboxylic acids is 1. The van der Waals surface area contributed by atoms with Crippen LogP contribution in [0.4, 0.5) is 5.69 Å². The van der Waals surface area contributed by atoms with Gasteiger partial charge in [-0.3, -0.25) is 9.69 Å². The summed E-state index contributed by atoms with van der Waals surface area (Å²) < 4.78 is 0. The highest BCUT2D eigenvalue weighted by atomic mass is 32.2. The van der Waals surface area contributed by atoms with Gasteiger partial charge in [0.1, 0.15) is 11.5 Å². The van der Waals surface area contributed by atoms with Gasteiger partial charge >= 0.3 is 0 Å². The minimum atomic E-state index is -0.0998.